The number of nitrogens with one attached hydrogen (secondary N) is 2. The molecule has 5 nitrogen and oxygen atoms in total. The van der Waals surface area contributed by atoms with Crippen LogP contribution >= 0.6 is 47.9 Å². The molecule has 0 atom stereocenters. The maximum absolute atomic E-state index is 12.0. The van der Waals surface area contributed by atoms with Crippen LogP contribution < -0.4 is 10.6 Å². The average Bonchev–Trinajstić information content (AvgIpc) is 3.02. The van der Waals surface area contributed by atoms with Gasteiger partial charge in [-0.25, -0.2) is 4.98 Å². The number of aryl methyl sites for hydroxylation is 1. The quantitative estimate of drug-likeness (QED) is 0.439. The number of benzene rings is 1. The molecule has 0 aliphatic carbocycles. The Balaban J connectivity index is 0.00000312. The molecule has 1 aromatic heterocycles. The van der Waals surface area contributed by atoms with Crippen LogP contribution in [0.15, 0.2) is 34.5 Å². The number of hydrogen-bond donors (Lipinski definition) is 2. The summed E-state index contributed by atoms with van der Waals surface area (Å²) in [5.41, 5.74) is 1.78. The highest BCUT2D eigenvalue weighted by atomic mass is 35.5. The third kappa shape index (κ3) is 9.21. The Hall–Kier alpha value is -0.830. The molecular formula is C17H25Cl2N3O2S2. The first-order chi connectivity index (χ1) is 11.7. The number of halogens is 2. The Bertz CT molecular complexity index is 639. The van der Waals surface area contributed by atoms with E-state index in [4.69, 9.17) is 4.74 Å². The van der Waals surface area contributed by atoms with Crippen molar-refractivity contribution in [2.75, 3.05) is 33.4 Å². The molecule has 1 heterocycles. The molecule has 1 aromatic carbocycles. The van der Waals surface area contributed by atoms with Gasteiger partial charge in [0.2, 0.25) is 0 Å². The Morgan fingerprint density at radius 2 is 1.92 bits per heavy atom. The molecule has 0 fully saturated rings. The molecular weight excluding hydrogens is 413 g/mol. The second kappa shape index (κ2) is 14.3. The summed E-state index contributed by atoms with van der Waals surface area (Å²) in [5.74, 6) is 0.804. The van der Waals surface area contributed by atoms with Crippen LogP contribution in [0.5, 0.6) is 0 Å². The molecule has 0 radical (unpaired) electrons. The summed E-state index contributed by atoms with van der Waals surface area (Å²) in [7, 11) is 1.67. The van der Waals surface area contributed by atoms with Gasteiger partial charge in [0.25, 0.3) is 5.91 Å². The van der Waals surface area contributed by atoms with Crippen molar-refractivity contribution in [2.24, 2.45) is 0 Å². The minimum atomic E-state index is -0.0461. The van der Waals surface area contributed by atoms with E-state index < -0.39 is 0 Å². The van der Waals surface area contributed by atoms with Gasteiger partial charge in [-0.2, -0.15) is 0 Å². The lowest BCUT2D eigenvalue weighted by Gasteiger charge is -2.07. The van der Waals surface area contributed by atoms with Gasteiger partial charge < -0.3 is 15.4 Å². The molecule has 146 valence electrons. The number of aromatic nitrogens is 1. The molecule has 2 N–H and O–H groups in total. The first-order valence-electron chi connectivity index (χ1n) is 7.81. The third-order valence-corrected chi connectivity index (χ3v) is 5.11. The molecule has 26 heavy (non-hydrogen) atoms. The van der Waals surface area contributed by atoms with Gasteiger partial charge in [0, 0.05) is 48.3 Å². The second-order valence-corrected chi connectivity index (χ2v) is 7.28. The van der Waals surface area contributed by atoms with E-state index in [2.05, 4.69) is 21.0 Å². The van der Waals surface area contributed by atoms with Crippen LogP contribution in [0.4, 0.5) is 0 Å². The van der Waals surface area contributed by atoms with Crippen molar-refractivity contribution in [1.82, 2.24) is 15.6 Å². The lowest BCUT2D eigenvalue weighted by molar-refractivity contribution is 0.0953. The standard InChI is InChI=1S/C17H23N3O2S2.2ClH/c1-13-20-15(11-23-13)12-24-16-5-3-14(4-6-16)17(21)19-8-7-18-9-10-22-2;;/h3-6,11,18H,7-10,12H2,1-2H3,(H,19,21);2*1H. The molecule has 9 heteroatoms. The van der Waals surface area contributed by atoms with E-state index in [1.54, 1.807) is 30.2 Å². The second-order valence-electron chi connectivity index (χ2n) is 5.17. The summed E-state index contributed by atoms with van der Waals surface area (Å²) in [6, 6.07) is 7.69. The molecule has 0 unspecified atom stereocenters. The van der Waals surface area contributed by atoms with Gasteiger partial charge in [-0.3, -0.25) is 4.79 Å². The number of amides is 1. The first-order valence-corrected chi connectivity index (χ1v) is 9.67. The van der Waals surface area contributed by atoms with Crippen LogP contribution in [0.1, 0.15) is 21.1 Å². The molecule has 0 spiro atoms. The lowest BCUT2D eigenvalue weighted by Crippen LogP contribution is -2.33. The number of thiazole rings is 1. The van der Waals surface area contributed by atoms with E-state index in [0.717, 1.165) is 34.4 Å². The van der Waals surface area contributed by atoms with E-state index in [0.29, 0.717) is 18.7 Å². The van der Waals surface area contributed by atoms with Gasteiger partial charge in [-0.1, -0.05) is 0 Å². The predicted octanol–water partition coefficient (Wildman–Crippen LogP) is 3.55. The van der Waals surface area contributed by atoms with Crippen molar-refractivity contribution in [3.05, 3.63) is 45.9 Å². The van der Waals surface area contributed by atoms with Crippen LogP contribution in [0, 0.1) is 6.92 Å². The van der Waals surface area contributed by atoms with Crippen molar-refractivity contribution in [3.63, 3.8) is 0 Å². The summed E-state index contributed by atoms with van der Waals surface area (Å²) in [6.07, 6.45) is 0. The highest BCUT2D eigenvalue weighted by molar-refractivity contribution is 7.98. The fraction of sp³-hybridized carbons (Fsp3) is 0.412. The summed E-state index contributed by atoms with van der Waals surface area (Å²) in [4.78, 5) is 17.6. The summed E-state index contributed by atoms with van der Waals surface area (Å²) in [6.45, 7) is 4.81. The highest BCUT2D eigenvalue weighted by Crippen LogP contribution is 2.23. The minimum absolute atomic E-state index is 0. The topological polar surface area (TPSA) is 63.2 Å². The zero-order valence-corrected chi connectivity index (χ0v) is 18.1. The number of thioether (sulfide) groups is 1. The monoisotopic (exact) mass is 437 g/mol. The summed E-state index contributed by atoms with van der Waals surface area (Å²) >= 11 is 3.40. The molecule has 1 amide bonds. The Labute approximate surface area is 175 Å². The van der Waals surface area contributed by atoms with Gasteiger partial charge in [-0.05, 0) is 31.2 Å². The predicted molar refractivity (Wildman–Crippen MR) is 114 cm³/mol. The maximum Gasteiger partial charge on any atom is 0.251 e. The number of hydrogen-bond acceptors (Lipinski definition) is 6. The van der Waals surface area contributed by atoms with Gasteiger partial charge in [0.15, 0.2) is 0 Å². The van der Waals surface area contributed by atoms with Gasteiger partial charge in [0.05, 0.1) is 17.3 Å². The SMILES string of the molecule is COCCNCCNC(=O)c1ccc(SCc2csc(C)n2)cc1.Cl.Cl. The zero-order valence-electron chi connectivity index (χ0n) is 14.8. The third-order valence-electron chi connectivity index (χ3n) is 3.24. The molecule has 0 aliphatic heterocycles. The average molecular weight is 438 g/mol. The molecule has 0 aliphatic rings. The fourth-order valence-electron chi connectivity index (χ4n) is 2.00. The molecule has 0 saturated heterocycles. The lowest BCUT2D eigenvalue weighted by atomic mass is 10.2. The van der Waals surface area contributed by atoms with E-state index in [1.807, 2.05) is 31.2 Å². The van der Waals surface area contributed by atoms with Crippen LogP contribution in [0.2, 0.25) is 0 Å². The zero-order chi connectivity index (χ0) is 17.2. The summed E-state index contributed by atoms with van der Waals surface area (Å²) < 4.78 is 4.94. The number of nitrogens with zero attached hydrogens (tertiary/aromatic N) is 1. The van der Waals surface area contributed by atoms with Crippen molar-refractivity contribution in [3.8, 4) is 0 Å². The van der Waals surface area contributed by atoms with Gasteiger partial charge >= 0.3 is 0 Å². The minimum Gasteiger partial charge on any atom is -0.383 e. The van der Waals surface area contributed by atoms with E-state index in [1.165, 1.54) is 0 Å². The van der Waals surface area contributed by atoms with E-state index >= 15 is 0 Å². The number of carbonyl (C=O) groups excluding carboxylic acids is 1. The van der Waals surface area contributed by atoms with E-state index in [9.17, 15) is 4.79 Å². The normalized spacial score (nSPS) is 9.92. The van der Waals surface area contributed by atoms with Crippen LogP contribution in [-0.2, 0) is 10.5 Å². The fourth-order valence-corrected chi connectivity index (χ4v) is 3.51. The van der Waals surface area contributed by atoms with Crippen LogP contribution in [0.3, 0.4) is 0 Å². The Kier molecular flexibility index (Phi) is 13.8. The first kappa shape index (κ1) is 25.2. The van der Waals surface area contributed by atoms with E-state index in [-0.39, 0.29) is 30.7 Å². The molecule has 2 rings (SSSR count). The van der Waals surface area contributed by atoms with Crippen LogP contribution in [-0.4, -0.2) is 44.2 Å². The summed E-state index contributed by atoms with van der Waals surface area (Å²) in [5, 5.41) is 9.27. The number of rotatable bonds is 10. The van der Waals surface area contributed by atoms with Crippen molar-refractivity contribution < 1.29 is 9.53 Å². The number of ether oxygens (including phenoxy) is 1. The van der Waals surface area contributed by atoms with Crippen molar-refractivity contribution >= 4 is 53.8 Å². The Morgan fingerprint density at radius 1 is 1.19 bits per heavy atom. The van der Waals surface area contributed by atoms with Gasteiger partial charge in [-0.15, -0.1) is 47.9 Å². The van der Waals surface area contributed by atoms with Crippen molar-refractivity contribution in [1.29, 1.82) is 0 Å². The van der Waals surface area contributed by atoms with Crippen molar-refractivity contribution in [2.45, 2.75) is 17.6 Å². The smallest absolute Gasteiger partial charge is 0.251 e. The van der Waals surface area contributed by atoms with Crippen LogP contribution in [0.25, 0.3) is 0 Å². The number of carbonyl (C=O) groups is 1. The molecule has 2 aromatic rings. The maximum atomic E-state index is 12.0. The molecule has 0 saturated carbocycles. The Morgan fingerprint density at radius 3 is 2.54 bits per heavy atom. The highest BCUT2D eigenvalue weighted by Gasteiger charge is 2.05. The largest absolute Gasteiger partial charge is 0.383 e. The molecule has 0 bridgehead atoms. The number of methoxy groups -OCH3 is 1. The van der Waals surface area contributed by atoms with Gasteiger partial charge in [0.1, 0.15) is 0 Å².